The van der Waals surface area contributed by atoms with Crippen molar-refractivity contribution in [2.75, 3.05) is 39.3 Å². The zero-order valence-electron chi connectivity index (χ0n) is 28.9. The molecule has 2 heterocycles. The number of sulfonamides is 1. The van der Waals surface area contributed by atoms with Crippen LogP contribution in [-0.4, -0.2) is 85.8 Å². The first-order valence-corrected chi connectivity index (χ1v) is 19.3. The molecular formula is C38H45F5N4O4S. The molecule has 1 amide bonds. The minimum atomic E-state index is -4.42. The Morgan fingerprint density at radius 3 is 2.10 bits per heavy atom. The molecule has 0 unspecified atom stereocenters. The van der Waals surface area contributed by atoms with Gasteiger partial charge in [0.05, 0.1) is 29.7 Å². The van der Waals surface area contributed by atoms with E-state index in [0.717, 1.165) is 41.0 Å². The monoisotopic (exact) mass is 748 g/mol. The molecule has 2 atom stereocenters. The Hall–Kier alpha value is -3.59. The predicted octanol–water partition coefficient (Wildman–Crippen LogP) is 6.79. The number of amides is 1. The van der Waals surface area contributed by atoms with E-state index in [-0.39, 0.29) is 37.4 Å². The molecule has 3 aromatic rings. The first-order chi connectivity index (χ1) is 24.7. The summed E-state index contributed by atoms with van der Waals surface area (Å²) in [4.78, 5) is 16.6. The van der Waals surface area contributed by atoms with Gasteiger partial charge in [0, 0.05) is 45.2 Å². The van der Waals surface area contributed by atoms with Crippen molar-refractivity contribution in [2.45, 2.75) is 80.6 Å². The zero-order chi connectivity index (χ0) is 37.1. The maximum atomic E-state index is 14.5. The van der Waals surface area contributed by atoms with Crippen molar-refractivity contribution < 1.29 is 39.9 Å². The third-order valence-corrected chi connectivity index (χ3v) is 12.4. The van der Waals surface area contributed by atoms with Gasteiger partial charge in [0.15, 0.2) is 0 Å². The van der Waals surface area contributed by atoms with Crippen LogP contribution in [0.4, 0.5) is 22.0 Å². The molecule has 2 aliphatic heterocycles. The fourth-order valence-corrected chi connectivity index (χ4v) is 8.96. The van der Waals surface area contributed by atoms with Crippen LogP contribution in [0.2, 0.25) is 0 Å². The molecule has 3 aliphatic rings. The lowest BCUT2D eigenvalue weighted by Crippen LogP contribution is -2.59. The number of ether oxygens (including phenoxy) is 1. The Labute approximate surface area is 301 Å². The maximum absolute atomic E-state index is 14.5. The molecule has 8 nitrogen and oxygen atoms in total. The summed E-state index contributed by atoms with van der Waals surface area (Å²) in [5, 5.41) is 0. The van der Waals surface area contributed by atoms with E-state index in [0.29, 0.717) is 36.9 Å². The summed E-state index contributed by atoms with van der Waals surface area (Å²) >= 11 is 0. The molecule has 282 valence electrons. The Kier molecular flexibility index (Phi) is 11.6. The number of piperazine rings is 1. The average Bonchev–Trinajstić information content (AvgIpc) is 3.12. The van der Waals surface area contributed by atoms with Crippen LogP contribution in [0.1, 0.15) is 56.1 Å². The summed E-state index contributed by atoms with van der Waals surface area (Å²) in [5.74, 6) is -2.74. The van der Waals surface area contributed by atoms with Crippen LogP contribution >= 0.6 is 0 Å². The number of hydrogen-bond donors (Lipinski definition) is 1. The topological polar surface area (TPSA) is 96.2 Å². The molecular weight excluding hydrogens is 703 g/mol. The smallest absolute Gasteiger partial charge is 0.416 e. The molecule has 2 N–H and O–H groups in total. The van der Waals surface area contributed by atoms with Gasteiger partial charge in [-0.05, 0) is 78.3 Å². The van der Waals surface area contributed by atoms with Gasteiger partial charge in [0.25, 0.3) is 5.92 Å². The van der Waals surface area contributed by atoms with Crippen LogP contribution in [0.25, 0.3) is 11.1 Å². The summed E-state index contributed by atoms with van der Waals surface area (Å²) < 4.78 is 103. The number of piperidine rings is 1. The van der Waals surface area contributed by atoms with Crippen LogP contribution in [0.15, 0.2) is 77.7 Å². The number of benzene rings is 3. The van der Waals surface area contributed by atoms with Crippen molar-refractivity contribution in [1.82, 2.24) is 14.1 Å². The highest BCUT2D eigenvalue weighted by Crippen LogP contribution is 2.33. The van der Waals surface area contributed by atoms with Crippen molar-refractivity contribution in [1.29, 1.82) is 0 Å². The molecule has 52 heavy (non-hydrogen) atoms. The number of halogens is 5. The van der Waals surface area contributed by atoms with Crippen LogP contribution < -0.4 is 10.5 Å². The molecule has 1 aliphatic carbocycles. The van der Waals surface area contributed by atoms with Gasteiger partial charge >= 0.3 is 6.18 Å². The lowest BCUT2D eigenvalue weighted by atomic mass is 9.90. The van der Waals surface area contributed by atoms with E-state index in [1.54, 1.807) is 12.1 Å². The second-order valence-electron chi connectivity index (χ2n) is 14.2. The van der Waals surface area contributed by atoms with Gasteiger partial charge in [-0.3, -0.25) is 9.69 Å². The number of likely N-dealkylation sites (tertiary alicyclic amines) is 1. The third-order valence-electron chi connectivity index (χ3n) is 10.5. The number of hydrogen-bond acceptors (Lipinski definition) is 6. The van der Waals surface area contributed by atoms with Crippen molar-refractivity contribution in [2.24, 2.45) is 11.7 Å². The van der Waals surface area contributed by atoms with Gasteiger partial charge in [-0.1, -0.05) is 55.7 Å². The fourth-order valence-electron chi connectivity index (χ4n) is 7.35. The van der Waals surface area contributed by atoms with Gasteiger partial charge in [0.1, 0.15) is 5.75 Å². The van der Waals surface area contributed by atoms with Gasteiger partial charge in [-0.15, -0.1) is 0 Å². The maximum Gasteiger partial charge on any atom is 0.416 e. The quantitative estimate of drug-likeness (QED) is 0.230. The SMILES string of the molecule is N[C@@H]1CCN(C(=O)C[C@@H]2CN(Cc3ccc(-c4ccc(C(F)(F)F)cc4)cc3)CCN2S(=O)(=O)c2ccc(OCC3CCCCC3)cc2)CC1(F)F. The molecule has 0 spiro atoms. The Morgan fingerprint density at radius 1 is 0.846 bits per heavy atom. The summed E-state index contributed by atoms with van der Waals surface area (Å²) in [6.07, 6.45) is 1.09. The Bertz CT molecular complexity index is 1770. The number of alkyl halides is 5. The van der Waals surface area contributed by atoms with E-state index in [1.165, 1.54) is 47.8 Å². The Morgan fingerprint density at radius 2 is 1.48 bits per heavy atom. The third kappa shape index (κ3) is 9.12. The highest BCUT2D eigenvalue weighted by atomic mass is 32.2. The highest BCUT2D eigenvalue weighted by Gasteiger charge is 2.45. The number of nitrogens with two attached hydrogens (primary N) is 1. The lowest BCUT2D eigenvalue weighted by molar-refractivity contribution is -0.145. The second kappa shape index (κ2) is 15.8. The minimum Gasteiger partial charge on any atom is -0.493 e. The van der Waals surface area contributed by atoms with Crippen molar-refractivity contribution in [3.05, 3.63) is 83.9 Å². The summed E-state index contributed by atoms with van der Waals surface area (Å²) in [6.45, 7) is 0.842. The van der Waals surface area contributed by atoms with E-state index < -0.39 is 52.2 Å². The molecule has 0 aromatic heterocycles. The molecule has 14 heteroatoms. The number of carbonyl (C=O) groups is 1. The second-order valence-corrected chi connectivity index (χ2v) is 16.1. The molecule has 1 saturated carbocycles. The molecule has 0 bridgehead atoms. The zero-order valence-corrected chi connectivity index (χ0v) is 29.7. The first kappa shape index (κ1) is 38.1. The van der Waals surface area contributed by atoms with E-state index in [4.69, 9.17) is 10.5 Å². The highest BCUT2D eigenvalue weighted by molar-refractivity contribution is 7.89. The summed E-state index contributed by atoms with van der Waals surface area (Å²) in [7, 11) is -4.07. The molecule has 6 rings (SSSR count). The predicted molar refractivity (Wildman–Crippen MR) is 187 cm³/mol. The molecule has 0 radical (unpaired) electrons. The van der Waals surface area contributed by atoms with Crippen molar-refractivity contribution in [3.63, 3.8) is 0 Å². The normalized spacial score (nSPS) is 22.3. The fraction of sp³-hybridized carbons (Fsp3) is 0.500. The van der Waals surface area contributed by atoms with Crippen molar-refractivity contribution in [3.8, 4) is 16.9 Å². The molecule has 3 fully saturated rings. The summed E-state index contributed by atoms with van der Waals surface area (Å²) in [6, 6.07) is 16.3. The number of carbonyl (C=O) groups excluding carboxylic acids is 1. The average molecular weight is 749 g/mol. The largest absolute Gasteiger partial charge is 0.493 e. The van der Waals surface area contributed by atoms with Crippen molar-refractivity contribution >= 4 is 15.9 Å². The number of nitrogens with zero attached hydrogens (tertiary/aromatic N) is 3. The first-order valence-electron chi connectivity index (χ1n) is 17.8. The van der Waals surface area contributed by atoms with E-state index in [1.807, 2.05) is 29.2 Å². The van der Waals surface area contributed by atoms with E-state index >= 15 is 0 Å². The van der Waals surface area contributed by atoms with Gasteiger partial charge < -0.3 is 15.4 Å². The van der Waals surface area contributed by atoms with Gasteiger partial charge in [-0.25, -0.2) is 17.2 Å². The standard InChI is InChI=1S/C38H45F5N4O4S/c39-37(40)26-46(19-18-35(37)44)36(48)22-32-24-45(23-27-6-8-29(9-7-27)30-10-12-31(13-11-30)38(41,42)43)20-21-47(32)52(49,50)34-16-14-33(15-17-34)51-25-28-4-2-1-3-5-28/h6-17,28,32,35H,1-5,18-26,44H2/t32-,35-/m1/s1. The molecule has 3 aromatic carbocycles. The van der Waals surface area contributed by atoms with Crippen LogP contribution in [0, 0.1) is 5.92 Å². The lowest BCUT2D eigenvalue weighted by Gasteiger charge is -2.42. The molecule has 2 saturated heterocycles. The van der Waals surface area contributed by atoms with Gasteiger partial charge in [-0.2, -0.15) is 17.5 Å². The van der Waals surface area contributed by atoms with E-state index in [2.05, 4.69) is 0 Å². The summed E-state index contributed by atoms with van der Waals surface area (Å²) in [5.41, 5.74) is 7.11. The van der Waals surface area contributed by atoms with Crippen LogP contribution in [-0.2, 0) is 27.5 Å². The minimum absolute atomic E-state index is 0.0535. The van der Waals surface area contributed by atoms with Crippen LogP contribution in [0.5, 0.6) is 5.75 Å². The number of rotatable bonds is 10. The van der Waals surface area contributed by atoms with E-state index in [9.17, 15) is 35.2 Å². The van der Waals surface area contributed by atoms with Crippen LogP contribution in [0.3, 0.4) is 0 Å². The Balaban J connectivity index is 1.15. The van der Waals surface area contributed by atoms with Gasteiger partial charge in [0.2, 0.25) is 15.9 Å².